The van der Waals surface area contributed by atoms with Crippen LogP contribution in [0.3, 0.4) is 0 Å². The number of carbonyl (C=O) groups is 3. The lowest BCUT2D eigenvalue weighted by atomic mass is 9.85. The van der Waals surface area contributed by atoms with Crippen LogP contribution < -0.4 is 20.9 Å². The van der Waals surface area contributed by atoms with E-state index in [2.05, 4.69) is 50.0 Å². The lowest BCUT2D eigenvalue weighted by Gasteiger charge is -2.45. The molecule has 0 aliphatic carbocycles. The molecule has 0 radical (unpaired) electrons. The summed E-state index contributed by atoms with van der Waals surface area (Å²) in [6.45, 7) is 3.01. The van der Waals surface area contributed by atoms with Gasteiger partial charge in [-0.15, -0.1) is 0 Å². The minimum Gasteiger partial charge on any atom is -0.467 e. The van der Waals surface area contributed by atoms with E-state index >= 15 is 0 Å². The Bertz CT molecular complexity index is 2250. The normalized spacial score (nSPS) is 20.5. The third-order valence-electron chi connectivity index (χ3n) is 12.1. The maximum atomic E-state index is 13.3. The van der Waals surface area contributed by atoms with E-state index in [1.165, 1.54) is 7.11 Å². The molecule has 4 atom stereocenters. The van der Waals surface area contributed by atoms with Gasteiger partial charge < -0.3 is 45.1 Å². The van der Waals surface area contributed by atoms with Crippen LogP contribution >= 0.6 is 0 Å². The van der Waals surface area contributed by atoms with E-state index in [0.717, 1.165) is 70.6 Å². The van der Waals surface area contributed by atoms with Gasteiger partial charge in [-0.05, 0) is 64.4 Å². The first-order chi connectivity index (χ1) is 29.8. The average molecular weight is 824 g/mol. The van der Waals surface area contributed by atoms with Crippen LogP contribution in [0.1, 0.15) is 59.5 Å². The van der Waals surface area contributed by atoms with E-state index in [1.54, 1.807) is 0 Å². The summed E-state index contributed by atoms with van der Waals surface area (Å²) in [5.74, 6) is -0.410. The Morgan fingerprint density at radius 2 is 1.51 bits per heavy atom. The molecule has 3 amide bonds. The lowest BCUT2D eigenvalue weighted by molar-refractivity contribution is -0.253. The van der Waals surface area contributed by atoms with Gasteiger partial charge in [0, 0.05) is 50.3 Å². The molecule has 5 aromatic carbocycles. The highest BCUT2D eigenvalue weighted by Gasteiger charge is 2.50. The lowest BCUT2D eigenvalue weighted by Crippen LogP contribution is -2.57. The molecule has 4 unspecified atom stereocenters. The van der Waals surface area contributed by atoms with Crippen LogP contribution in [0.4, 0.5) is 10.5 Å². The van der Waals surface area contributed by atoms with Gasteiger partial charge in [0.2, 0.25) is 5.91 Å². The Labute approximate surface area is 356 Å². The number of nitrogens with one attached hydrogen (secondary N) is 3. The van der Waals surface area contributed by atoms with Crippen LogP contribution in [0.25, 0.3) is 11.1 Å². The number of aliphatic hydroxyl groups excluding tert-OH is 1. The first kappa shape index (κ1) is 41.7. The molecule has 0 aromatic heterocycles. The Hall–Kier alpha value is -6.05. The Kier molecular flexibility index (Phi) is 13.1. The molecule has 4 N–H and O–H groups in total. The molecule has 3 aliphatic heterocycles. The predicted octanol–water partition coefficient (Wildman–Crippen LogP) is 6.40. The summed E-state index contributed by atoms with van der Waals surface area (Å²) in [5.41, 5.74) is 7.06. The highest BCUT2D eigenvalue weighted by atomic mass is 16.7. The number of likely N-dealkylation sites (tertiary alicyclic amines) is 1. The van der Waals surface area contributed by atoms with Crippen molar-refractivity contribution in [3.05, 3.63) is 161 Å². The fourth-order valence-corrected chi connectivity index (χ4v) is 8.73. The van der Waals surface area contributed by atoms with Crippen molar-refractivity contribution < 1.29 is 33.7 Å². The van der Waals surface area contributed by atoms with Crippen molar-refractivity contribution >= 4 is 23.6 Å². The fraction of sp³-hybridized carbons (Fsp3) is 0.327. The molecule has 3 heterocycles. The van der Waals surface area contributed by atoms with Crippen molar-refractivity contribution in [3.8, 4) is 11.1 Å². The van der Waals surface area contributed by atoms with Gasteiger partial charge in [-0.2, -0.15) is 0 Å². The van der Waals surface area contributed by atoms with Gasteiger partial charge >= 0.3 is 12.0 Å². The molecular weight excluding hydrogens is 771 g/mol. The minimum atomic E-state index is -0.822. The van der Waals surface area contributed by atoms with Gasteiger partial charge in [-0.1, -0.05) is 115 Å². The SMILES string of the molecule is COC(=O)C(Cc1ccccc1)NC(=O)NCc1cccc(-c2ccc(C3OC(CN4CCC5(CC4)C(=O)NCN5c4ccccc4)CC(c4ccc(CO)cc4)O3)cc2)c1. The number of esters is 1. The van der Waals surface area contributed by atoms with E-state index < -0.39 is 29.9 Å². The number of rotatable bonds is 13. The van der Waals surface area contributed by atoms with Crippen molar-refractivity contribution in [2.75, 3.05) is 38.3 Å². The van der Waals surface area contributed by atoms with Crippen LogP contribution in [0.15, 0.2) is 133 Å². The minimum absolute atomic E-state index is 0.0237. The van der Waals surface area contributed by atoms with Crippen molar-refractivity contribution in [3.63, 3.8) is 0 Å². The van der Waals surface area contributed by atoms with E-state index in [4.69, 9.17) is 14.2 Å². The number of anilines is 1. The number of ether oxygens (including phenoxy) is 3. The molecule has 1 spiro atoms. The molecule has 0 saturated carbocycles. The van der Waals surface area contributed by atoms with Crippen molar-refractivity contribution in [1.82, 2.24) is 20.9 Å². The zero-order valence-corrected chi connectivity index (χ0v) is 34.4. The number of piperidine rings is 1. The average Bonchev–Trinajstić information content (AvgIpc) is 3.63. The number of urea groups is 1. The summed E-state index contributed by atoms with van der Waals surface area (Å²) >= 11 is 0. The highest BCUT2D eigenvalue weighted by molar-refractivity contribution is 5.93. The van der Waals surface area contributed by atoms with Crippen molar-refractivity contribution in [1.29, 1.82) is 0 Å². The monoisotopic (exact) mass is 823 g/mol. The smallest absolute Gasteiger partial charge is 0.328 e. The predicted molar refractivity (Wildman–Crippen MR) is 232 cm³/mol. The quantitative estimate of drug-likeness (QED) is 0.0993. The second kappa shape index (κ2) is 19.1. The summed E-state index contributed by atoms with van der Waals surface area (Å²) in [4.78, 5) is 43.3. The third kappa shape index (κ3) is 9.79. The second-order valence-corrected chi connectivity index (χ2v) is 16.0. The maximum Gasteiger partial charge on any atom is 0.328 e. The molecule has 61 heavy (non-hydrogen) atoms. The summed E-state index contributed by atoms with van der Waals surface area (Å²) in [7, 11) is 1.31. The van der Waals surface area contributed by atoms with Crippen molar-refractivity contribution in [2.24, 2.45) is 0 Å². The summed E-state index contributed by atoms with van der Waals surface area (Å²) in [6, 6.07) is 42.4. The van der Waals surface area contributed by atoms with Gasteiger partial charge in [-0.3, -0.25) is 4.79 Å². The van der Waals surface area contributed by atoms with Crippen molar-refractivity contribution in [2.45, 2.75) is 68.9 Å². The number of carbonyl (C=O) groups excluding carboxylic acids is 3. The summed E-state index contributed by atoms with van der Waals surface area (Å²) in [5, 5.41) is 18.4. The number of amides is 3. The molecule has 12 nitrogen and oxygen atoms in total. The standard InChI is InChI=1S/C49H53N5O7/c1-59-45(56)43(28-34-9-4-2-5-10-34)52-48(58)50-30-36-11-8-12-40(27-36)37-19-21-39(22-20-37)46-60-42(29-44(61-46)38-17-15-35(32-55)16-18-38)31-53-25-23-49(24-26-53)47(57)51-33-54(49)41-13-6-3-7-14-41/h2-22,27,42-44,46,55H,23-26,28-33H2,1H3,(H,51,57)(H2,50,52,58). The van der Waals surface area contributed by atoms with Gasteiger partial charge in [0.05, 0.1) is 32.6 Å². The molecule has 316 valence electrons. The molecule has 5 aromatic rings. The van der Waals surface area contributed by atoms with E-state index in [9.17, 15) is 19.5 Å². The van der Waals surface area contributed by atoms with Crippen LogP contribution in [-0.4, -0.2) is 79.0 Å². The molecule has 3 aliphatic rings. The number of hydrogen-bond acceptors (Lipinski definition) is 9. The largest absolute Gasteiger partial charge is 0.467 e. The van der Waals surface area contributed by atoms with E-state index in [-0.39, 0.29) is 31.3 Å². The van der Waals surface area contributed by atoms with E-state index in [1.807, 2.05) is 109 Å². The number of hydrogen-bond donors (Lipinski definition) is 4. The molecule has 12 heteroatoms. The number of nitrogens with zero attached hydrogens (tertiary/aromatic N) is 2. The van der Waals surface area contributed by atoms with Gasteiger partial charge in [-0.25, -0.2) is 9.59 Å². The van der Waals surface area contributed by atoms with E-state index in [0.29, 0.717) is 26.1 Å². The van der Waals surface area contributed by atoms with Gasteiger partial charge in [0.1, 0.15) is 11.6 Å². The Morgan fingerprint density at radius 3 is 2.21 bits per heavy atom. The zero-order valence-electron chi connectivity index (χ0n) is 34.4. The maximum absolute atomic E-state index is 13.3. The first-order valence-electron chi connectivity index (χ1n) is 21.0. The Balaban J connectivity index is 0.918. The molecule has 8 rings (SSSR count). The summed E-state index contributed by atoms with van der Waals surface area (Å²) < 4.78 is 18.3. The fourth-order valence-electron chi connectivity index (χ4n) is 8.73. The van der Waals surface area contributed by atoms with Crippen LogP contribution in [0.2, 0.25) is 0 Å². The number of aliphatic hydroxyl groups is 1. The second-order valence-electron chi connectivity index (χ2n) is 16.0. The van der Waals surface area contributed by atoms with Crippen LogP contribution in [0, 0.1) is 0 Å². The third-order valence-corrected chi connectivity index (χ3v) is 12.1. The van der Waals surface area contributed by atoms with Gasteiger partial charge in [0.25, 0.3) is 0 Å². The molecule has 0 bridgehead atoms. The molecule has 3 saturated heterocycles. The molecular formula is C49H53N5O7. The number of methoxy groups -OCH3 is 1. The van der Waals surface area contributed by atoms with Crippen LogP contribution in [-0.2, 0) is 43.4 Å². The molecule has 3 fully saturated rings. The van der Waals surface area contributed by atoms with Crippen LogP contribution in [0.5, 0.6) is 0 Å². The zero-order chi connectivity index (χ0) is 42.2. The highest BCUT2D eigenvalue weighted by Crippen LogP contribution is 2.40. The first-order valence-corrected chi connectivity index (χ1v) is 21.0. The Morgan fingerprint density at radius 1 is 0.820 bits per heavy atom. The number of para-hydroxylation sites is 1. The number of benzene rings is 5. The summed E-state index contributed by atoms with van der Waals surface area (Å²) in [6.07, 6.45) is 1.48. The van der Waals surface area contributed by atoms with Gasteiger partial charge in [0.15, 0.2) is 6.29 Å². The topological polar surface area (TPSA) is 142 Å².